The molecule has 2 unspecified atom stereocenters. The van der Waals surface area contributed by atoms with Crippen molar-refractivity contribution in [1.82, 2.24) is 0 Å². The molecule has 3 nitrogen and oxygen atoms in total. The van der Waals surface area contributed by atoms with E-state index in [9.17, 15) is 0 Å². The molecule has 0 N–H and O–H groups in total. The van der Waals surface area contributed by atoms with E-state index in [0.29, 0.717) is 19.1 Å². The van der Waals surface area contributed by atoms with E-state index in [0.717, 1.165) is 25.3 Å². The third-order valence-electron chi connectivity index (χ3n) is 3.38. The van der Waals surface area contributed by atoms with Crippen molar-refractivity contribution in [3.63, 3.8) is 0 Å². The largest absolute Gasteiger partial charge is 0.501 e. The van der Waals surface area contributed by atoms with Crippen LogP contribution in [0.25, 0.3) is 0 Å². The van der Waals surface area contributed by atoms with Gasteiger partial charge >= 0.3 is 8.80 Å². The maximum atomic E-state index is 6.27. The second-order valence-electron chi connectivity index (χ2n) is 4.86. The van der Waals surface area contributed by atoms with Crippen LogP contribution in [0, 0.1) is 5.92 Å². The quantitative estimate of drug-likeness (QED) is 0.528. The molecule has 0 aromatic heterocycles. The van der Waals surface area contributed by atoms with Crippen molar-refractivity contribution in [3.8, 4) is 0 Å². The molecule has 0 radical (unpaired) electrons. The minimum atomic E-state index is -2.46. The van der Waals surface area contributed by atoms with Crippen LogP contribution in [0.5, 0.6) is 0 Å². The Morgan fingerprint density at radius 2 is 1.50 bits per heavy atom. The lowest BCUT2D eigenvalue weighted by molar-refractivity contribution is 0.0187. The Morgan fingerprint density at radius 3 is 1.89 bits per heavy atom. The Kier molecular flexibility index (Phi) is 10.0. The van der Waals surface area contributed by atoms with E-state index in [4.69, 9.17) is 13.3 Å². The molecule has 0 bridgehead atoms. The topological polar surface area (TPSA) is 27.7 Å². The highest BCUT2D eigenvalue weighted by molar-refractivity contribution is 6.60. The molecule has 0 rings (SSSR count). The van der Waals surface area contributed by atoms with E-state index in [2.05, 4.69) is 27.7 Å². The highest BCUT2D eigenvalue weighted by Crippen LogP contribution is 2.24. The Hall–Kier alpha value is 0.0969. The van der Waals surface area contributed by atoms with Gasteiger partial charge in [0.05, 0.1) is 0 Å². The van der Waals surface area contributed by atoms with Crippen molar-refractivity contribution in [2.45, 2.75) is 73.0 Å². The van der Waals surface area contributed by atoms with Gasteiger partial charge in [0.1, 0.15) is 0 Å². The van der Waals surface area contributed by atoms with Crippen LogP contribution in [0.3, 0.4) is 0 Å². The van der Waals surface area contributed by atoms with Gasteiger partial charge in [-0.25, -0.2) is 0 Å². The zero-order chi connectivity index (χ0) is 14.0. The summed E-state index contributed by atoms with van der Waals surface area (Å²) in [6, 6.07) is 0.936. The lowest BCUT2D eigenvalue weighted by atomic mass is 10.0. The van der Waals surface area contributed by atoms with Gasteiger partial charge in [0.15, 0.2) is 0 Å². The Balaban J connectivity index is 4.67. The lowest BCUT2D eigenvalue weighted by Crippen LogP contribution is -2.49. The van der Waals surface area contributed by atoms with Crippen LogP contribution in [0.4, 0.5) is 0 Å². The van der Waals surface area contributed by atoms with Gasteiger partial charge in [-0.2, -0.15) is 0 Å². The average Bonchev–Trinajstić information content (AvgIpc) is 2.36. The lowest BCUT2D eigenvalue weighted by Gasteiger charge is -2.33. The molecule has 0 saturated carbocycles. The molecule has 0 aliphatic heterocycles. The first kappa shape index (κ1) is 18.1. The molecule has 0 fully saturated rings. The second-order valence-corrected chi connectivity index (χ2v) is 7.54. The number of hydrogen-bond donors (Lipinski definition) is 0. The van der Waals surface area contributed by atoms with Crippen molar-refractivity contribution >= 4 is 8.80 Å². The van der Waals surface area contributed by atoms with Gasteiger partial charge in [-0.1, -0.05) is 33.6 Å². The number of unbranched alkanes of at least 4 members (excludes halogenated alkanes) is 1. The van der Waals surface area contributed by atoms with Crippen molar-refractivity contribution in [1.29, 1.82) is 0 Å². The zero-order valence-electron chi connectivity index (χ0n) is 13.1. The molecule has 18 heavy (non-hydrogen) atoms. The van der Waals surface area contributed by atoms with Gasteiger partial charge in [0.25, 0.3) is 0 Å². The van der Waals surface area contributed by atoms with Gasteiger partial charge in [0, 0.05) is 25.4 Å². The van der Waals surface area contributed by atoms with Gasteiger partial charge in [-0.05, 0) is 33.1 Å². The number of rotatable bonds is 11. The third-order valence-corrected chi connectivity index (χ3v) is 6.53. The van der Waals surface area contributed by atoms with E-state index in [1.807, 2.05) is 13.8 Å². The molecule has 0 aliphatic rings. The fourth-order valence-corrected chi connectivity index (χ4v) is 4.97. The normalized spacial score (nSPS) is 15.7. The maximum absolute atomic E-state index is 6.27. The van der Waals surface area contributed by atoms with E-state index in [1.165, 1.54) is 0 Å². The molecule has 0 spiro atoms. The average molecular weight is 276 g/mol. The Morgan fingerprint density at radius 1 is 0.944 bits per heavy atom. The minimum absolute atomic E-state index is 0.205. The highest BCUT2D eigenvalue weighted by Gasteiger charge is 2.42. The van der Waals surface area contributed by atoms with Gasteiger partial charge in [-0.3, -0.25) is 0 Å². The van der Waals surface area contributed by atoms with E-state index >= 15 is 0 Å². The summed E-state index contributed by atoms with van der Waals surface area (Å²) in [6.07, 6.45) is 3.59. The van der Waals surface area contributed by atoms with E-state index in [1.54, 1.807) is 0 Å². The molecule has 2 atom stereocenters. The summed E-state index contributed by atoms with van der Waals surface area (Å²) in [6.45, 7) is 14.1. The van der Waals surface area contributed by atoms with Crippen LogP contribution in [0.1, 0.15) is 60.8 Å². The molecule has 0 aromatic carbocycles. The molecule has 0 amide bonds. The molecule has 110 valence electrons. The molecule has 4 heteroatoms. The predicted molar refractivity (Wildman–Crippen MR) is 78.7 cm³/mol. The molecular formula is C14H32O3Si. The van der Waals surface area contributed by atoms with Gasteiger partial charge in [-0.15, -0.1) is 0 Å². The molecule has 0 heterocycles. The Bertz CT molecular complexity index is 193. The summed E-state index contributed by atoms with van der Waals surface area (Å²) in [7, 11) is -2.46. The van der Waals surface area contributed by atoms with Crippen molar-refractivity contribution in [3.05, 3.63) is 0 Å². The highest BCUT2D eigenvalue weighted by atomic mass is 28.4. The first-order valence-corrected chi connectivity index (χ1v) is 9.44. The Labute approximate surface area is 115 Å². The number of hydrogen-bond acceptors (Lipinski definition) is 3. The maximum Gasteiger partial charge on any atom is 0.501 e. The van der Waals surface area contributed by atoms with Gasteiger partial charge in [0.2, 0.25) is 0 Å². The van der Waals surface area contributed by atoms with Crippen molar-refractivity contribution in [2.24, 2.45) is 5.92 Å². The molecular weight excluding hydrogens is 244 g/mol. The summed E-state index contributed by atoms with van der Waals surface area (Å²) in [4.78, 5) is 0. The third kappa shape index (κ3) is 6.32. The first-order chi connectivity index (χ1) is 8.55. The monoisotopic (exact) mass is 276 g/mol. The predicted octanol–water partition coefficient (Wildman–Crippen LogP) is 4.25. The van der Waals surface area contributed by atoms with Crippen molar-refractivity contribution < 1.29 is 13.3 Å². The van der Waals surface area contributed by atoms with Crippen LogP contribution >= 0.6 is 0 Å². The zero-order valence-corrected chi connectivity index (χ0v) is 14.1. The van der Waals surface area contributed by atoms with Crippen molar-refractivity contribution in [2.75, 3.05) is 13.2 Å². The summed E-state index contributed by atoms with van der Waals surface area (Å²) >= 11 is 0. The molecule has 0 aliphatic carbocycles. The molecule has 0 saturated heterocycles. The first-order valence-electron chi connectivity index (χ1n) is 7.50. The van der Waals surface area contributed by atoms with Gasteiger partial charge < -0.3 is 13.3 Å². The SMILES string of the molecule is CCCC[Si](OCC)(OCC)OC(C)C(C)CC. The molecule has 0 aromatic rings. The van der Waals surface area contributed by atoms with Crippen LogP contribution in [0.2, 0.25) is 6.04 Å². The van der Waals surface area contributed by atoms with Crippen LogP contribution in [-0.4, -0.2) is 28.1 Å². The van der Waals surface area contributed by atoms with Crippen LogP contribution in [-0.2, 0) is 13.3 Å². The van der Waals surface area contributed by atoms with Crippen LogP contribution < -0.4 is 0 Å². The fourth-order valence-electron chi connectivity index (χ4n) is 1.88. The van der Waals surface area contributed by atoms with E-state index < -0.39 is 8.80 Å². The fraction of sp³-hybridized carbons (Fsp3) is 1.00. The van der Waals surface area contributed by atoms with E-state index in [-0.39, 0.29) is 6.10 Å². The summed E-state index contributed by atoms with van der Waals surface area (Å²) in [5.41, 5.74) is 0. The van der Waals surface area contributed by atoms with Crippen LogP contribution in [0.15, 0.2) is 0 Å². The second kappa shape index (κ2) is 9.95. The summed E-state index contributed by atoms with van der Waals surface area (Å²) < 4.78 is 18.1. The smallest absolute Gasteiger partial charge is 0.374 e. The summed E-state index contributed by atoms with van der Waals surface area (Å²) in [5, 5.41) is 0. The minimum Gasteiger partial charge on any atom is -0.374 e. The standard InChI is InChI=1S/C14H32O3Si/c1-7-11-12-18(15-9-3,16-10-4)17-14(6)13(5)8-2/h13-14H,7-12H2,1-6H3. The summed E-state index contributed by atoms with van der Waals surface area (Å²) in [5.74, 6) is 0.541.